The van der Waals surface area contributed by atoms with E-state index in [2.05, 4.69) is 15.5 Å². The summed E-state index contributed by atoms with van der Waals surface area (Å²) in [5.41, 5.74) is -0.0151. The zero-order chi connectivity index (χ0) is 26.4. The molecular formula is C26H23F3N4O3S. The number of nitrogens with zero attached hydrogens (tertiary/aromatic N) is 3. The molecule has 0 radical (unpaired) electrons. The van der Waals surface area contributed by atoms with Crippen LogP contribution in [-0.4, -0.2) is 33.5 Å². The number of amides is 1. The molecule has 0 fully saturated rings. The molecule has 3 aromatic carbocycles. The van der Waals surface area contributed by atoms with Crippen molar-refractivity contribution in [3.63, 3.8) is 0 Å². The van der Waals surface area contributed by atoms with Crippen molar-refractivity contribution in [3.05, 3.63) is 90.3 Å². The van der Waals surface area contributed by atoms with E-state index >= 15 is 0 Å². The lowest BCUT2D eigenvalue weighted by Crippen LogP contribution is -2.16. The van der Waals surface area contributed by atoms with Crippen molar-refractivity contribution >= 4 is 23.4 Å². The molecule has 7 nitrogen and oxygen atoms in total. The van der Waals surface area contributed by atoms with Crippen LogP contribution in [-0.2, 0) is 11.0 Å². The first-order chi connectivity index (χ1) is 17.8. The Balaban J connectivity index is 1.53. The summed E-state index contributed by atoms with van der Waals surface area (Å²) in [5.74, 6) is 1.03. The normalized spacial score (nSPS) is 12.1. The highest BCUT2D eigenvalue weighted by atomic mass is 32.2. The fourth-order valence-electron chi connectivity index (χ4n) is 3.52. The van der Waals surface area contributed by atoms with Crippen molar-refractivity contribution in [1.29, 1.82) is 0 Å². The molecule has 0 saturated heterocycles. The zero-order valence-electron chi connectivity index (χ0n) is 19.9. The smallest absolute Gasteiger partial charge is 0.416 e. The molecule has 0 aliphatic rings. The summed E-state index contributed by atoms with van der Waals surface area (Å²) >= 11 is 1.11. The Kier molecular flexibility index (Phi) is 8.02. The van der Waals surface area contributed by atoms with E-state index in [1.165, 1.54) is 12.1 Å². The first-order valence-corrected chi connectivity index (χ1v) is 12.1. The molecule has 0 aliphatic heterocycles. The largest absolute Gasteiger partial charge is 0.493 e. The number of alkyl halides is 3. The number of benzene rings is 3. The van der Waals surface area contributed by atoms with Crippen LogP contribution in [0.4, 0.5) is 18.9 Å². The number of hydrogen-bond acceptors (Lipinski definition) is 6. The third-order valence-electron chi connectivity index (χ3n) is 5.22. The molecule has 37 heavy (non-hydrogen) atoms. The minimum atomic E-state index is -4.50. The molecule has 1 heterocycles. The van der Waals surface area contributed by atoms with Gasteiger partial charge in [-0.25, -0.2) is 0 Å². The summed E-state index contributed by atoms with van der Waals surface area (Å²) in [7, 11) is 1.55. The van der Waals surface area contributed by atoms with E-state index in [4.69, 9.17) is 9.47 Å². The second kappa shape index (κ2) is 11.4. The van der Waals surface area contributed by atoms with E-state index in [0.29, 0.717) is 22.5 Å². The predicted octanol–water partition coefficient (Wildman–Crippen LogP) is 6.17. The van der Waals surface area contributed by atoms with Gasteiger partial charge in [-0.1, -0.05) is 48.2 Å². The number of halogens is 3. The SMILES string of the molecule is COc1ccccc1OC(C)c1nnc(SCC(=O)Nc2cccc(C(F)(F)F)c2)n1-c1ccccc1. The van der Waals surface area contributed by atoms with Crippen LogP contribution in [0.25, 0.3) is 5.69 Å². The van der Waals surface area contributed by atoms with Gasteiger partial charge in [0.05, 0.1) is 18.4 Å². The van der Waals surface area contributed by atoms with Gasteiger partial charge in [0.15, 0.2) is 28.6 Å². The Morgan fingerprint density at radius 2 is 1.70 bits per heavy atom. The molecular weight excluding hydrogens is 505 g/mol. The van der Waals surface area contributed by atoms with E-state index < -0.39 is 23.8 Å². The average Bonchev–Trinajstić information content (AvgIpc) is 3.32. The van der Waals surface area contributed by atoms with Crippen LogP contribution in [0, 0.1) is 0 Å². The first-order valence-electron chi connectivity index (χ1n) is 11.2. The summed E-state index contributed by atoms with van der Waals surface area (Å²) in [6.07, 6.45) is -5.03. The van der Waals surface area contributed by atoms with Crippen LogP contribution in [0.15, 0.2) is 84.0 Å². The predicted molar refractivity (Wildman–Crippen MR) is 134 cm³/mol. The molecule has 11 heteroatoms. The minimum absolute atomic E-state index is 0.0597. The number of nitrogens with one attached hydrogen (secondary N) is 1. The van der Waals surface area contributed by atoms with Gasteiger partial charge in [0.1, 0.15) is 0 Å². The van der Waals surface area contributed by atoms with Crippen molar-refractivity contribution in [1.82, 2.24) is 14.8 Å². The summed E-state index contributed by atoms with van der Waals surface area (Å²) in [6, 6.07) is 21.1. The Bertz CT molecular complexity index is 1360. The van der Waals surface area contributed by atoms with Gasteiger partial charge in [-0.05, 0) is 49.4 Å². The Morgan fingerprint density at radius 3 is 2.41 bits per heavy atom. The van der Waals surface area contributed by atoms with Crippen LogP contribution >= 0.6 is 11.8 Å². The molecule has 1 unspecified atom stereocenters. The second-order valence-electron chi connectivity index (χ2n) is 7.84. The van der Waals surface area contributed by atoms with E-state index in [-0.39, 0.29) is 11.4 Å². The Hall–Kier alpha value is -3.99. The molecule has 1 atom stereocenters. The van der Waals surface area contributed by atoms with Crippen molar-refractivity contribution in [2.75, 3.05) is 18.2 Å². The molecule has 1 amide bonds. The standard InChI is InChI=1S/C26H23F3N4O3S/c1-17(36-22-14-7-6-13-21(22)35-2)24-31-32-25(33(24)20-11-4-3-5-12-20)37-16-23(34)30-19-10-8-9-18(15-19)26(27,28)29/h3-15,17H,16H2,1-2H3,(H,30,34). The summed E-state index contributed by atoms with van der Waals surface area (Å²) in [4.78, 5) is 12.5. The lowest BCUT2D eigenvalue weighted by Gasteiger charge is -2.18. The molecule has 4 aromatic rings. The number of carbonyl (C=O) groups is 1. The van der Waals surface area contributed by atoms with E-state index in [1.807, 2.05) is 49.4 Å². The number of thioether (sulfide) groups is 1. The van der Waals surface area contributed by atoms with Crippen LogP contribution in [0.3, 0.4) is 0 Å². The Labute approximate surface area is 215 Å². The zero-order valence-corrected chi connectivity index (χ0v) is 20.7. The molecule has 4 rings (SSSR count). The van der Waals surface area contributed by atoms with Gasteiger partial charge in [-0.3, -0.25) is 9.36 Å². The molecule has 0 saturated carbocycles. The lowest BCUT2D eigenvalue weighted by molar-refractivity contribution is -0.137. The van der Waals surface area contributed by atoms with E-state index in [9.17, 15) is 18.0 Å². The maximum absolute atomic E-state index is 13.0. The minimum Gasteiger partial charge on any atom is -0.493 e. The molecule has 0 aliphatic carbocycles. The van der Waals surface area contributed by atoms with Gasteiger partial charge < -0.3 is 14.8 Å². The average molecular weight is 529 g/mol. The number of carbonyl (C=O) groups excluding carboxylic acids is 1. The molecule has 1 aromatic heterocycles. The number of rotatable bonds is 9. The first kappa shape index (κ1) is 26.1. The molecule has 0 bridgehead atoms. The molecule has 0 spiro atoms. The second-order valence-corrected chi connectivity index (χ2v) is 8.78. The van der Waals surface area contributed by atoms with Gasteiger partial charge in [-0.2, -0.15) is 13.2 Å². The third-order valence-corrected chi connectivity index (χ3v) is 6.14. The molecule has 192 valence electrons. The summed E-state index contributed by atoms with van der Waals surface area (Å²) in [6.45, 7) is 1.82. The molecule has 1 N–H and O–H groups in total. The number of anilines is 1. The van der Waals surface area contributed by atoms with Gasteiger partial charge in [0, 0.05) is 11.4 Å². The lowest BCUT2D eigenvalue weighted by atomic mass is 10.2. The maximum atomic E-state index is 13.0. The monoisotopic (exact) mass is 528 g/mol. The Morgan fingerprint density at radius 1 is 1.00 bits per heavy atom. The van der Waals surface area contributed by atoms with Crippen LogP contribution in [0.5, 0.6) is 11.5 Å². The van der Waals surface area contributed by atoms with Crippen LogP contribution in [0.2, 0.25) is 0 Å². The summed E-state index contributed by atoms with van der Waals surface area (Å²) < 4.78 is 52.2. The van der Waals surface area contributed by atoms with Crippen molar-refractivity contribution in [2.24, 2.45) is 0 Å². The highest BCUT2D eigenvalue weighted by Crippen LogP contribution is 2.33. The van der Waals surface area contributed by atoms with Gasteiger partial charge in [-0.15, -0.1) is 10.2 Å². The number of ether oxygens (including phenoxy) is 2. The van der Waals surface area contributed by atoms with E-state index in [0.717, 1.165) is 29.6 Å². The van der Waals surface area contributed by atoms with Crippen LogP contribution in [0.1, 0.15) is 24.4 Å². The van der Waals surface area contributed by atoms with E-state index in [1.54, 1.807) is 23.8 Å². The topological polar surface area (TPSA) is 78.3 Å². The highest BCUT2D eigenvalue weighted by molar-refractivity contribution is 7.99. The maximum Gasteiger partial charge on any atom is 0.416 e. The number of methoxy groups -OCH3 is 1. The van der Waals surface area contributed by atoms with Crippen molar-refractivity contribution in [2.45, 2.75) is 24.4 Å². The quantitative estimate of drug-likeness (QED) is 0.262. The number of hydrogen-bond donors (Lipinski definition) is 1. The number of para-hydroxylation sites is 3. The summed E-state index contributed by atoms with van der Waals surface area (Å²) in [5, 5.41) is 11.5. The van der Waals surface area contributed by atoms with Crippen LogP contribution < -0.4 is 14.8 Å². The fraction of sp³-hybridized carbons (Fsp3) is 0.192. The van der Waals surface area contributed by atoms with Crippen molar-refractivity contribution in [3.8, 4) is 17.2 Å². The van der Waals surface area contributed by atoms with Crippen molar-refractivity contribution < 1.29 is 27.4 Å². The number of aromatic nitrogens is 3. The van der Waals surface area contributed by atoms with Gasteiger partial charge >= 0.3 is 6.18 Å². The fourth-order valence-corrected chi connectivity index (χ4v) is 4.28. The third kappa shape index (κ3) is 6.42. The van der Waals surface area contributed by atoms with Gasteiger partial charge in [0.2, 0.25) is 5.91 Å². The highest BCUT2D eigenvalue weighted by Gasteiger charge is 2.30. The van der Waals surface area contributed by atoms with Gasteiger partial charge in [0.25, 0.3) is 0 Å².